The predicted molar refractivity (Wildman–Crippen MR) is 126 cm³/mol. The van der Waals surface area contributed by atoms with Crippen LogP contribution in [0.4, 0.5) is 11.4 Å². The van der Waals surface area contributed by atoms with Gasteiger partial charge in [0.2, 0.25) is 0 Å². The molecular formula is C26H23ClN2O2. The number of hydrogen-bond donors (Lipinski definition) is 1. The molecule has 156 valence electrons. The van der Waals surface area contributed by atoms with Crippen molar-refractivity contribution in [2.45, 2.75) is 27.7 Å². The van der Waals surface area contributed by atoms with Crippen molar-refractivity contribution in [1.29, 1.82) is 0 Å². The molecule has 5 heteroatoms. The van der Waals surface area contributed by atoms with E-state index in [0.717, 1.165) is 22.4 Å². The third-order valence-corrected chi connectivity index (χ3v) is 5.97. The molecule has 0 radical (unpaired) electrons. The first-order valence-electron chi connectivity index (χ1n) is 10.1. The van der Waals surface area contributed by atoms with E-state index in [1.54, 1.807) is 25.1 Å². The van der Waals surface area contributed by atoms with Crippen LogP contribution in [0.25, 0.3) is 5.57 Å². The average molecular weight is 431 g/mol. The van der Waals surface area contributed by atoms with Gasteiger partial charge in [-0.25, -0.2) is 4.90 Å². The maximum absolute atomic E-state index is 13.6. The number of rotatable bonds is 4. The van der Waals surface area contributed by atoms with Gasteiger partial charge < -0.3 is 5.32 Å². The molecule has 1 aliphatic heterocycles. The van der Waals surface area contributed by atoms with E-state index in [9.17, 15) is 9.59 Å². The zero-order valence-corrected chi connectivity index (χ0v) is 18.7. The normalized spacial score (nSPS) is 13.9. The highest BCUT2D eigenvalue weighted by molar-refractivity contribution is 6.46. The second kappa shape index (κ2) is 8.05. The van der Waals surface area contributed by atoms with Gasteiger partial charge in [-0.1, -0.05) is 59.6 Å². The van der Waals surface area contributed by atoms with Crippen LogP contribution in [0.15, 0.2) is 66.4 Å². The van der Waals surface area contributed by atoms with Gasteiger partial charge in [0, 0.05) is 10.7 Å². The van der Waals surface area contributed by atoms with Crippen molar-refractivity contribution >= 4 is 40.4 Å². The Labute approximate surface area is 187 Å². The maximum Gasteiger partial charge on any atom is 0.282 e. The lowest BCUT2D eigenvalue weighted by atomic mass is 10.0. The van der Waals surface area contributed by atoms with Crippen molar-refractivity contribution in [2.24, 2.45) is 0 Å². The highest BCUT2D eigenvalue weighted by Crippen LogP contribution is 2.37. The molecule has 1 N–H and O–H groups in total. The summed E-state index contributed by atoms with van der Waals surface area (Å²) in [7, 11) is 0. The Hall–Kier alpha value is -3.37. The fourth-order valence-electron chi connectivity index (χ4n) is 3.70. The van der Waals surface area contributed by atoms with Crippen molar-refractivity contribution in [3.05, 3.63) is 99.2 Å². The number of halogens is 1. The van der Waals surface area contributed by atoms with E-state index in [2.05, 4.69) is 5.32 Å². The second-order valence-electron chi connectivity index (χ2n) is 7.89. The summed E-state index contributed by atoms with van der Waals surface area (Å²) >= 11 is 6.28. The van der Waals surface area contributed by atoms with Gasteiger partial charge in [-0.2, -0.15) is 0 Å². The van der Waals surface area contributed by atoms with E-state index >= 15 is 0 Å². The second-order valence-corrected chi connectivity index (χ2v) is 8.30. The molecule has 0 spiro atoms. The van der Waals surface area contributed by atoms with Crippen LogP contribution in [-0.4, -0.2) is 11.8 Å². The Balaban J connectivity index is 1.88. The first-order chi connectivity index (χ1) is 14.8. The zero-order valence-electron chi connectivity index (χ0n) is 17.9. The van der Waals surface area contributed by atoms with Gasteiger partial charge in [0.25, 0.3) is 11.8 Å². The first kappa shape index (κ1) is 20.9. The lowest BCUT2D eigenvalue weighted by molar-refractivity contribution is -0.120. The minimum absolute atomic E-state index is 0.266. The lowest BCUT2D eigenvalue weighted by Gasteiger charge is -2.18. The fourth-order valence-corrected chi connectivity index (χ4v) is 3.87. The summed E-state index contributed by atoms with van der Waals surface area (Å²) in [6.07, 6.45) is 0. The fraction of sp³-hybridized carbons (Fsp3) is 0.154. The topological polar surface area (TPSA) is 49.4 Å². The van der Waals surface area contributed by atoms with Crippen LogP contribution in [0.1, 0.15) is 27.8 Å². The van der Waals surface area contributed by atoms with Crippen molar-refractivity contribution in [1.82, 2.24) is 0 Å². The Morgan fingerprint density at radius 3 is 2.19 bits per heavy atom. The Kier molecular flexibility index (Phi) is 5.42. The van der Waals surface area contributed by atoms with E-state index in [1.807, 2.05) is 63.2 Å². The van der Waals surface area contributed by atoms with Gasteiger partial charge in [-0.3, -0.25) is 9.59 Å². The van der Waals surface area contributed by atoms with Gasteiger partial charge in [0.1, 0.15) is 5.70 Å². The minimum atomic E-state index is -0.396. The number of amides is 2. The zero-order chi connectivity index (χ0) is 22.3. The van der Waals surface area contributed by atoms with Crippen LogP contribution in [0.5, 0.6) is 0 Å². The summed E-state index contributed by atoms with van der Waals surface area (Å²) in [6.45, 7) is 7.74. The summed E-state index contributed by atoms with van der Waals surface area (Å²) in [5.74, 6) is -0.765. The van der Waals surface area contributed by atoms with Gasteiger partial charge in [-0.15, -0.1) is 0 Å². The standard InChI is InChI=1S/C26H23ClN2O2/c1-15-9-12-19(13-10-15)23-24(28-21-14-16(2)8-11-17(21)3)26(31)29(25(23)30)22-7-5-6-20(27)18(22)4/h5-14,28H,1-4H3. The molecule has 2 amide bonds. The number of imide groups is 1. The molecule has 31 heavy (non-hydrogen) atoms. The highest BCUT2D eigenvalue weighted by Gasteiger charge is 2.41. The first-order valence-corrected chi connectivity index (χ1v) is 10.4. The summed E-state index contributed by atoms with van der Waals surface area (Å²) in [5, 5.41) is 3.77. The number of hydrogen-bond acceptors (Lipinski definition) is 3. The Bertz CT molecular complexity index is 1240. The largest absolute Gasteiger partial charge is 0.350 e. The molecular weight excluding hydrogens is 408 g/mol. The smallest absolute Gasteiger partial charge is 0.282 e. The molecule has 3 aromatic rings. The summed E-state index contributed by atoms with van der Waals surface area (Å²) in [5.41, 5.74) is 6.40. The van der Waals surface area contributed by atoms with E-state index in [4.69, 9.17) is 11.6 Å². The maximum atomic E-state index is 13.6. The molecule has 0 fully saturated rings. The molecule has 1 heterocycles. The summed E-state index contributed by atoms with van der Waals surface area (Å²) < 4.78 is 0. The number of nitrogens with one attached hydrogen (secondary N) is 1. The third-order valence-electron chi connectivity index (χ3n) is 5.56. The molecule has 0 unspecified atom stereocenters. The van der Waals surface area contributed by atoms with E-state index in [1.165, 1.54) is 4.90 Å². The summed E-state index contributed by atoms with van der Waals surface area (Å²) in [6, 6.07) is 18.8. The van der Waals surface area contributed by atoms with Crippen LogP contribution >= 0.6 is 11.6 Å². The SMILES string of the molecule is Cc1ccc(C2=C(Nc3cc(C)ccc3C)C(=O)N(c3cccc(Cl)c3C)C2=O)cc1. The van der Waals surface area contributed by atoms with Crippen molar-refractivity contribution in [3.63, 3.8) is 0 Å². The minimum Gasteiger partial charge on any atom is -0.350 e. The number of benzene rings is 3. The molecule has 0 saturated heterocycles. The number of nitrogens with zero attached hydrogens (tertiary/aromatic N) is 1. The molecule has 0 aromatic heterocycles. The Morgan fingerprint density at radius 1 is 0.806 bits per heavy atom. The molecule has 0 atom stereocenters. The monoisotopic (exact) mass is 430 g/mol. The van der Waals surface area contributed by atoms with Gasteiger partial charge in [0.15, 0.2) is 0 Å². The number of carbonyl (C=O) groups is 2. The third kappa shape index (κ3) is 3.75. The van der Waals surface area contributed by atoms with E-state index in [0.29, 0.717) is 27.4 Å². The average Bonchev–Trinajstić information content (AvgIpc) is 2.97. The van der Waals surface area contributed by atoms with Crippen LogP contribution in [0.3, 0.4) is 0 Å². The lowest BCUT2D eigenvalue weighted by Crippen LogP contribution is -2.33. The molecule has 3 aromatic carbocycles. The van der Waals surface area contributed by atoms with Crippen LogP contribution in [0, 0.1) is 27.7 Å². The van der Waals surface area contributed by atoms with Gasteiger partial charge in [0.05, 0.1) is 11.3 Å². The van der Waals surface area contributed by atoms with Crippen molar-refractivity contribution < 1.29 is 9.59 Å². The number of anilines is 2. The van der Waals surface area contributed by atoms with E-state index in [-0.39, 0.29) is 11.6 Å². The molecule has 4 nitrogen and oxygen atoms in total. The van der Waals surface area contributed by atoms with E-state index < -0.39 is 5.91 Å². The van der Waals surface area contributed by atoms with Crippen molar-refractivity contribution in [3.8, 4) is 0 Å². The molecule has 0 bridgehead atoms. The quantitative estimate of drug-likeness (QED) is 0.518. The Morgan fingerprint density at radius 2 is 1.48 bits per heavy atom. The number of carbonyl (C=O) groups excluding carboxylic acids is 2. The molecule has 4 rings (SSSR count). The van der Waals surface area contributed by atoms with Gasteiger partial charge >= 0.3 is 0 Å². The van der Waals surface area contributed by atoms with Crippen LogP contribution < -0.4 is 10.2 Å². The molecule has 1 aliphatic rings. The highest BCUT2D eigenvalue weighted by atomic mass is 35.5. The number of aryl methyl sites for hydroxylation is 3. The van der Waals surface area contributed by atoms with Gasteiger partial charge in [-0.05, 0) is 68.1 Å². The molecule has 0 aliphatic carbocycles. The van der Waals surface area contributed by atoms with Crippen LogP contribution in [0.2, 0.25) is 5.02 Å². The molecule has 0 saturated carbocycles. The predicted octanol–water partition coefficient (Wildman–Crippen LogP) is 5.97. The van der Waals surface area contributed by atoms with Crippen molar-refractivity contribution in [2.75, 3.05) is 10.2 Å². The summed E-state index contributed by atoms with van der Waals surface area (Å²) in [4.78, 5) is 28.4. The van der Waals surface area contributed by atoms with Crippen LogP contribution in [-0.2, 0) is 9.59 Å².